The lowest BCUT2D eigenvalue weighted by Crippen LogP contribution is -2.40. The number of likely N-dealkylation sites (tertiary alicyclic amines) is 1. The van der Waals surface area contributed by atoms with Crippen molar-refractivity contribution in [1.29, 1.82) is 0 Å². The molecule has 2 bridgehead atoms. The van der Waals surface area contributed by atoms with E-state index in [4.69, 9.17) is 4.74 Å². The third-order valence-corrected chi connectivity index (χ3v) is 7.02. The number of thiazole rings is 1. The van der Waals surface area contributed by atoms with Gasteiger partial charge in [-0.05, 0) is 45.1 Å². The molecule has 3 aliphatic rings. The summed E-state index contributed by atoms with van der Waals surface area (Å²) >= 11 is 1.58. The van der Waals surface area contributed by atoms with E-state index >= 15 is 0 Å². The van der Waals surface area contributed by atoms with Crippen LogP contribution in [0.1, 0.15) is 23.2 Å². The minimum atomic E-state index is -0.0877. The standard InChI is InChI=1S/C19H23N3O2S/c1-21(2)8-13-14-9-22(10-19(14)6-5-16(13)24-19)18(23)12-3-4-15-17(7-12)25-11-20-15/h3-4,7,11,13-14,16H,5-6,8-10H2,1-2H3/t13-,14+,16+,19+/m0/s1. The largest absolute Gasteiger partial charge is 0.369 e. The molecule has 1 amide bonds. The maximum atomic E-state index is 13.1. The van der Waals surface area contributed by atoms with Crippen LogP contribution in [0, 0.1) is 11.8 Å². The van der Waals surface area contributed by atoms with Crippen molar-refractivity contribution < 1.29 is 9.53 Å². The highest BCUT2D eigenvalue weighted by Crippen LogP contribution is 2.55. The monoisotopic (exact) mass is 357 g/mol. The van der Waals surface area contributed by atoms with Crippen molar-refractivity contribution in [3.8, 4) is 0 Å². The van der Waals surface area contributed by atoms with Crippen LogP contribution in [0.25, 0.3) is 10.2 Å². The van der Waals surface area contributed by atoms with E-state index in [1.807, 2.05) is 28.6 Å². The maximum absolute atomic E-state index is 13.1. The predicted octanol–water partition coefficient (Wildman–Crippen LogP) is 2.48. The highest BCUT2D eigenvalue weighted by Gasteiger charge is 2.63. The second kappa shape index (κ2) is 5.50. The molecule has 3 saturated heterocycles. The van der Waals surface area contributed by atoms with Crippen LogP contribution in [-0.2, 0) is 4.74 Å². The third-order valence-electron chi connectivity index (χ3n) is 6.23. The number of carbonyl (C=O) groups excluding carboxylic acids is 1. The van der Waals surface area contributed by atoms with Crippen LogP contribution < -0.4 is 0 Å². The quantitative estimate of drug-likeness (QED) is 0.847. The summed E-state index contributed by atoms with van der Waals surface area (Å²) in [5.41, 5.74) is 3.48. The van der Waals surface area contributed by atoms with E-state index < -0.39 is 0 Å². The van der Waals surface area contributed by atoms with Crippen LogP contribution in [-0.4, -0.2) is 66.1 Å². The summed E-state index contributed by atoms with van der Waals surface area (Å²) < 4.78 is 7.52. The van der Waals surface area contributed by atoms with E-state index in [0.29, 0.717) is 17.9 Å². The Kier molecular flexibility index (Phi) is 3.46. The van der Waals surface area contributed by atoms with Crippen molar-refractivity contribution in [2.45, 2.75) is 24.5 Å². The van der Waals surface area contributed by atoms with Crippen molar-refractivity contribution >= 4 is 27.5 Å². The summed E-state index contributed by atoms with van der Waals surface area (Å²) in [6.07, 6.45) is 2.63. The van der Waals surface area contributed by atoms with E-state index in [2.05, 4.69) is 24.0 Å². The number of carbonyl (C=O) groups is 1. The summed E-state index contributed by atoms with van der Waals surface area (Å²) in [5, 5.41) is 0. The smallest absolute Gasteiger partial charge is 0.254 e. The summed E-state index contributed by atoms with van der Waals surface area (Å²) in [4.78, 5) is 21.7. The first-order chi connectivity index (χ1) is 12.1. The molecule has 0 saturated carbocycles. The van der Waals surface area contributed by atoms with Gasteiger partial charge in [-0.25, -0.2) is 4.98 Å². The minimum absolute atomic E-state index is 0.0877. The molecule has 0 unspecified atom stereocenters. The van der Waals surface area contributed by atoms with E-state index in [0.717, 1.165) is 48.3 Å². The molecule has 2 aromatic rings. The Hall–Kier alpha value is -1.50. The van der Waals surface area contributed by atoms with Gasteiger partial charge in [-0.3, -0.25) is 4.79 Å². The number of fused-ring (bicyclic) bond motifs is 2. The lowest BCUT2D eigenvalue weighted by Gasteiger charge is -2.30. The van der Waals surface area contributed by atoms with Gasteiger partial charge in [0.25, 0.3) is 5.91 Å². The molecule has 5 rings (SSSR count). The third kappa shape index (κ3) is 2.34. The van der Waals surface area contributed by atoms with Crippen LogP contribution >= 0.6 is 11.3 Å². The first-order valence-corrected chi connectivity index (χ1v) is 9.89. The summed E-state index contributed by atoms with van der Waals surface area (Å²) in [5.74, 6) is 1.16. The van der Waals surface area contributed by atoms with Crippen molar-refractivity contribution in [3.63, 3.8) is 0 Å². The first-order valence-electron chi connectivity index (χ1n) is 9.01. The van der Waals surface area contributed by atoms with Gasteiger partial charge in [-0.2, -0.15) is 0 Å². The van der Waals surface area contributed by atoms with Crippen molar-refractivity contribution in [1.82, 2.24) is 14.8 Å². The number of hydrogen-bond donors (Lipinski definition) is 0. The molecule has 3 aliphatic heterocycles. The van der Waals surface area contributed by atoms with Gasteiger partial charge in [0.05, 0.1) is 34.0 Å². The fraction of sp³-hybridized carbons (Fsp3) is 0.579. The van der Waals surface area contributed by atoms with Crippen LogP contribution in [0.4, 0.5) is 0 Å². The molecule has 0 radical (unpaired) electrons. The molecular formula is C19H23N3O2S. The molecule has 1 aromatic heterocycles. The van der Waals surface area contributed by atoms with E-state index in [-0.39, 0.29) is 11.5 Å². The fourth-order valence-corrected chi connectivity index (χ4v) is 5.90. The highest BCUT2D eigenvalue weighted by atomic mass is 32.1. The van der Waals surface area contributed by atoms with Crippen LogP contribution in [0.15, 0.2) is 23.7 Å². The molecule has 0 N–H and O–H groups in total. The van der Waals surface area contributed by atoms with Gasteiger partial charge < -0.3 is 14.5 Å². The molecule has 132 valence electrons. The number of aromatic nitrogens is 1. The lowest BCUT2D eigenvalue weighted by atomic mass is 9.73. The second-order valence-electron chi connectivity index (χ2n) is 8.01. The van der Waals surface area contributed by atoms with Gasteiger partial charge in [-0.15, -0.1) is 11.3 Å². The second-order valence-corrected chi connectivity index (χ2v) is 8.90. The Bertz CT molecular complexity index is 835. The maximum Gasteiger partial charge on any atom is 0.254 e. The number of amides is 1. The number of hydrogen-bond acceptors (Lipinski definition) is 5. The molecule has 4 heterocycles. The molecule has 25 heavy (non-hydrogen) atoms. The number of ether oxygens (including phenoxy) is 1. The fourth-order valence-electron chi connectivity index (χ4n) is 5.18. The Morgan fingerprint density at radius 2 is 2.36 bits per heavy atom. The Balaban J connectivity index is 1.40. The zero-order chi connectivity index (χ0) is 17.2. The Morgan fingerprint density at radius 1 is 1.48 bits per heavy atom. The minimum Gasteiger partial charge on any atom is -0.369 e. The molecule has 4 atom stereocenters. The SMILES string of the molecule is CN(C)C[C@H]1[C@H]2CN(C(=O)c3ccc4ncsc4c3)C[C@]23CC[C@H]1O3. The van der Waals surface area contributed by atoms with Crippen molar-refractivity contribution in [3.05, 3.63) is 29.3 Å². The summed E-state index contributed by atoms with van der Waals surface area (Å²) in [7, 11) is 4.25. The molecule has 1 aromatic carbocycles. The lowest BCUT2D eigenvalue weighted by molar-refractivity contribution is 0.00256. The zero-order valence-corrected chi connectivity index (χ0v) is 15.5. The van der Waals surface area contributed by atoms with Crippen molar-refractivity contribution in [2.75, 3.05) is 33.7 Å². The summed E-state index contributed by atoms with van der Waals surface area (Å²) in [6, 6.07) is 5.84. The van der Waals surface area contributed by atoms with Crippen LogP contribution in [0.2, 0.25) is 0 Å². The van der Waals surface area contributed by atoms with Crippen molar-refractivity contribution in [2.24, 2.45) is 11.8 Å². The highest BCUT2D eigenvalue weighted by molar-refractivity contribution is 7.16. The average molecular weight is 357 g/mol. The van der Waals surface area contributed by atoms with Gasteiger partial charge in [0.2, 0.25) is 0 Å². The molecule has 3 fully saturated rings. The van der Waals surface area contributed by atoms with Crippen LogP contribution in [0.5, 0.6) is 0 Å². The Labute approximate surface area is 151 Å². The van der Waals surface area contributed by atoms with Gasteiger partial charge in [0, 0.05) is 30.5 Å². The topological polar surface area (TPSA) is 45.7 Å². The number of benzene rings is 1. The first kappa shape index (κ1) is 15.7. The molecule has 5 nitrogen and oxygen atoms in total. The van der Waals surface area contributed by atoms with E-state index in [1.54, 1.807) is 11.3 Å². The molecule has 0 aliphatic carbocycles. The van der Waals surface area contributed by atoms with Gasteiger partial charge in [0.15, 0.2) is 0 Å². The molecule has 1 spiro atoms. The Morgan fingerprint density at radius 3 is 3.20 bits per heavy atom. The zero-order valence-electron chi connectivity index (χ0n) is 14.6. The van der Waals surface area contributed by atoms with Gasteiger partial charge in [0.1, 0.15) is 0 Å². The van der Waals surface area contributed by atoms with Gasteiger partial charge >= 0.3 is 0 Å². The summed E-state index contributed by atoms with van der Waals surface area (Å²) in [6.45, 7) is 2.62. The molecular weight excluding hydrogens is 334 g/mol. The van der Waals surface area contributed by atoms with E-state index in [1.165, 1.54) is 0 Å². The van der Waals surface area contributed by atoms with Crippen LogP contribution in [0.3, 0.4) is 0 Å². The van der Waals surface area contributed by atoms with E-state index in [9.17, 15) is 4.79 Å². The predicted molar refractivity (Wildman–Crippen MR) is 97.9 cm³/mol. The normalized spacial score (nSPS) is 33.6. The average Bonchev–Trinajstić information content (AvgIpc) is 3.33. The number of rotatable bonds is 3. The number of nitrogens with zero attached hydrogens (tertiary/aromatic N) is 3. The molecule has 6 heteroatoms. The van der Waals surface area contributed by atoms with Gasteiger partial charge in [-0.1, -0.05) is 0 Å².